The smallest absolute Gasteiger partial charge is 0.143 e. The van der Waals surface area contributed by atoms with Crippen molar-refractivity contribution in [3.05, 3.63) is 175 Å². The Labute approximate surface area is 284 Å². The first-order chi connectivity index (χ1) is 24.3. The molecule has 2 aromatic heterocycles. The third-order valence-electron chi connectivity index (χ3n) is 9.48. The van der Waals surface area contributed by atoms with E-state index < -0.39 is 0 Å². The first kappa shape index (κ1) is 29.0. The molecule has 2 heterocycles. The minimum absolute atomic E-state index is 0.174. The third-order valence-corrected chi connectivity index (χ3v) is 9.48. The zero-order chi connectivity index (χ0) is 32.7. The van der Waals surface area contributed by atoms with Gasteiger partial charge < -0.3 is 8.98 Å². The largest absolute Gasteiger partial charge is 0.455 e. The molecule has 0 bridgehead atoms. The van der Waals surface area contributed by atoms with Crippen LogP contribution in [0.3, 0.4) is 0 Å². The van der Waals surface area contributed by atoms with E-state index in [1.165, 1.54) is 10.8 Å². The maximum atomic E-state index is 6.77. The van der Waals surface area contributed by atoms with Crippen LogP contribution in [-0.2, 0) is 0 Å². The van der Waals surface area contributed by atoms with Crippen molar-refractivity contribution in [2.75, 3.05) is 7.05 Å². The van der Waals surface area contributed by atoms with Crippen molar-refractivity contribution < 1.29 is 4.42 Å². The van der Waals surface area contributed by atoms with Gasteiger partial charge in [-0.1, -0.05) is 133 Å². The molecule has 7 aromatic carbocycles. The highest BCUT2D eigenvalue weighted by Gasteiger charge is 2.18. The van der Waals surface area contributed by atoms with Gasteiger partial charge in [-0.2, -0.15) is 0 Å². The van der Waals surface area contributed by atoms with E-state index in [0.717, 1.165) is 72.0 Å². The Morgan fingerprint density at radius 1 is 0.551 bits per heavy atom. The van der Waals surface area contributed by atoms with Gasteiger partial charge in [0.25, 0.3) is 0 Å². The van der Waals surface area contributed by atoms with Crippen LogP contribution in [0.5, 0.6) is 0 Å². The molecule has 1 unspecified atom stereocenters. The maximum absolute atomic E-state index is 6.77. The normalized spacial score (nSPS) is 12.5. The zero-order valence-corrected chi connectivity index (χ0v) is 27.0. The van der Waals surface area contributed by atoms with Crippen LogP contribution in [0.2, 0.25) is 0 Å². The first-order valence-electron chi connectivity index (χ1n) is 16.7. The summed E-state index contributed by atoms with van der Waals surface area (Å²) in [5.74, 6) is 0. The third kappa shape index (κ3) is 5.02. The molecule has 0 aliphatic heterocycles. The number of fused-ring (bicyclic) bond motifs is 6. The molecule has 1 N–H and O–H groups in total. The van der Waals surface area contributed by atoms with Gasteiger partial charge in [-0.3, -0.25) is 10.3 Å². The summed E-state index contributed by atoms with van der Waals surface area (Å²) in [6.07, 6.45) is 1.76. The number of hydrogen-bond acceptors (Lipinski definition) is 3. The van der Waals surface area contributed by atoms with E-state index in [4.69, 9.17) is 9.41 Å². The van der Waals surface area contributed by atoms with Gasteiger partial charge in [-0.25, -0.2) is 0 Å². The number of furan rings is 1. The van der Waals surface area contributed by atoms with Crippen LogP contribution in [0.25, 0.3) is 71.7 Å². The van der Waals surface area contributed by atoms with E-state index in [2.05, 4.69) is 149 Å². The average molecular weight is 632 g/mol. The molecule has 0 aliphatic carbocycles. The summed E-state index contributed by atoms with van der Waals surface area (Å²) in [7, 11) is 1.95. The second-order valence-corrected chi connectivity index (χ2v) is 12.4. The highest BCUT2D eigenvalue weighted by Crippen LogP contribution is 2.41. The molecule has 0 amide bonds. The number of aliphatic imine (C=N–C) groups is 1. The predicted octanol–water partition coefficient (Wildman–Crippen LogP) is 11.4. The maximum Gasteiger partial charge on any atom is 0.143 e. The van der Waals surface area contributed by atoms with Gasteiger partial charge >= 0.3 is 0 Å². The minimum Gasteiger partial charge on any atom is -0.455 e. The van der Waals surface area contributed by atoms with E-state index in [-0.39, 0.29) is 6.17 Å². The van der Waals surface area contributed by atoms with Crippen LogP contribution in [0.1, 0.15) is 17.3 Å². The van der Waals surface area contributed by atoms with E-state index in [1.807, 2.05) is 37.5 Å². The van der Waals surface area contributed by atoms with E-state index >= 15 is 0 Å². The number of nitrogens with zero attached hydrogens (tertiary/aromatic N) is 2. The van der Waals surface area contributed by atoms with Crippen LogP contribution in [0.4, 0.5) is 0 Å². The molecule has 49 heavy (non-hydrogen) atoms. The first-order valence-corrected chi connectivity index (χ1v) is 16.7. The molecular formula is C45H33N3O. The summed E-state index contributed by atoms with van der Waals surface area (Å²) in [6, 6.07) is 57.7. The summed E-state index contributed by atoms with van der Waals surface area (Å²) in [5, 5.41) is 8.04. The van der Waals surface area contributed by atoms with Gasteiger partial charge in [0.15, 0.2) is 0 Å². The lowest BCUT2D eigenvalue weighted by atomic mass is 9.99. The van der Waals surface area contributed by atoms with Crippen molar-refractivity contribution in [2.24, 2.45) is 4.99 Å². The molecule has 0 saturated carbocycles. The highest BCUT2D eigenvalue weighted by atomic mass is 16.3. The molecule has 4 heteroatoms. The van der Waals surface area contributed by atoms with Gasteiger partial charge in [0.2, 0.25) is 0 Å². The molecule has 0 radical (unpaired) electrons. The number of aromatic nitrogens is 1. The monoisotopic (exact) mass is 631 g/mol. The predicted molar refractivity (Wildman–Crippen MR) is 205 cm³/mol. The van der Waals surface area contributed by atoms with Gasteiger partial charge in [-0.05, 0) is 59.6 Å². The van der Waals surface area contributed by atoms with Gasteiger partial charge in [-0.15, -0.1) is 0 Å². The van der Waals surface area contributed by atoms with Crippen LogP contribution in [0.15, 0.2) is 173 Å². The van der Waals surface area contributed by atoms with Crippen LogP contribution in [0, 0.1) is 0 Å². The Hall–Kier alpha value is -6.23. The van der Waals surface area contributed by atoms with E-state index in [1.54, 1.807) is 0 Å². The number of nitrogens with one attached hydrogen (secondary N) is 1. The lowest BCUT2D eigenvalue weighted by molar-refractivity contribution is 0.627. The molecule has 4 nitrogen and oxygen atoms in total. The molecular weight excluding hydrogens is 599 g/mol. The van der Waals surface area contributed by atoms with Crippen molar-refractivity contribution in [3.8, 4) is 27.9 Å². The Morgan fingerprint density at radius 2 is 1.18 bits per heavy atom. The minimum atomic E-state index is -0.174. The molecule has 9 aromatic rings. The quantitative estimate of drug-likeness (QED) is 0.178. The lowest BCUT2D eigenvalue weighted by Gasteiger charge is -2.15. The Balaban J connectivity index is 1.17. The Bertz CT molecular complexity index is 2650. The molecule has 0 spiro atoms. The Morgan fingerprint density at radius 3 is 1.94 bits per heavy atom. The van der Waals surface area contributed by atoms with Crippen molar-refractivity contribution in [1.29, 1.82) is 0 Å². The fourth-order valence-corrected chi connectivity index (χ4v) is 7.17. The number of para-hydroxylation sites is 3. The average Bonchev–Trinajstić information content (AvgIpc) is 3.72. The zero-order valence-electron chi connectivity index (χ0n) is 27.0. The second kappa shape index (κ2) is 12.1. The molecule has 0 saturated heterocycles. The summed E-state index contributed by atoms with van der Waals surface area (Å²) in [5.41, 5.74) is 11.9. The van der Waals surface area contributed by atoms with E-state index in [9.17, 15) is 0 Å². The topological polar surface area (TPSA) is 42.5 Å². The van der Waals surface area contributed by atoms with Crippen molar-refractivity contribution in [3.63, 3.8) is 0 Å². The second-order valence-electron chi connectivity index (χ2n) is 12.4. The fourth-order valence-electron chi connectivity index (χ4n) is 7.17. The molecule has 9 rings (SSSR count). The van der Waals surface area contributed by atoms with Crippen LogP contribution >= 0.6 is 0 Å². The molecule has 234 valence electrons. The lowest BCUT2D eigenvalue weighted by Crippen LogP contribution is -2.14. The van der Waals surface area contributed by atoms with Crippen molar-refractivity contribution in [1.82, 2.24) is 9.88 Å². The fraction of sp³-hybridized carbons (Fsp3) is 0.0444. The highest BCUT2D eigenvalue weighted by molar-refractivity contribution is 6.15. The number of rotatable bonds is 7. The van der Waals surface area contributed by atoms with Crippen LogP contribution in [-0.4, -0.2) is 17.8 Å². The standard InChI is InChI=1S/C45H33N3O/c1-46-45(47-29-30-13-4-2-5-14-30)33-17-10-18-34(27-33)48-41-24-9-8-19-37(41)40-28-32(25-26-42(40)48)36-21-12-23-39-38-22-11-20-35(43(38)49-44(36)39)31-15-6-3-7-16-31/h2-29,45-46H,1H3/b47-29+. The van der Waals surface area contributed by atoms with Gasteiger partial charge in [0.1, 0.15) is 17.3 Å². The molecule has 0 fully saturated rings. The number of benzene rings is 7. The Kier molecular flexibility index (Phi) is 7.15. The van der Waals surface area contributed by atoms with Crippen LogP contribution < -0.4 is 5.32 Å². The van der Waals surface area contributed by atoms with Gasteiger partial charge in [0.05, 0.1) is 11.0 Å². The molecule has 0 aliphatic rings. The summed E-state index contributed by atoms with van der Waals surface area (Å²) < 4.78 is 9.13. The van der Waals surface area contributed by atoms with Crippen molar-refractivity contribution >= 4 is 50.0 Å². The van der Waals surface area contributed by atoms with E-state index in [0.29, 0.717) is 0 Å². The number of hydrogen-bond donors (Lipinski definition) is 1. The van der Waals surface area contributed by atoms with Gasteiger partial charge in [0, 0.05) is 44.6 Å². The molecule has 1 atom stereocenters. The summed E-state index contributed by atoms with van der Waals surface area (Å²) in [4.78, 5) is 4.88. The SMILES string of the molecule is CNC(/N=C/c1ccccc1)c1cccc(-n2c3ccccc3c3cc(-c4cccc5c4oc4c(-c6ccccc6)cccc45)ccc32)c1. The summed E-state index contributed by atoms with van der Waals surface area (Å²) in [6.45, 7) is 0. The van der Waals surface area contributed by atoms with Crippen molar-refractivity contribution in [2.45, 2.75) is 6.17 Å². The summed E-state index contributed by atoms with van der Waals surface area (Å²) >= 11 is 0.